The zero-order valence-electron chi connectivity index (χ0n) is 16.6. The minimum Gasteiger partial charge on any atom is -0.321 e. The number of amides is 2. The lowest BCUT2D eigenvalue weighted by molar-refractivity contribution is 0.102. The van der Waals surface area contributed by atoms with Crippen molar-refractivity contribution in [1.82, 2.24) is 4.98 Å². The Morgan fingerprint density at radius 1 is 0.867 bits per heavy atom. The van der Waals surface area contributed by atoms with Gasteiger partial charge >= 0.3 is 0 Å². The number of benzene rings is 2. The first kappa shape index (κ1) is 22.6. The van der Waals surface area contributed by atoms with E-state index in [-0.39, 0.29) is 26.6 Å². The molecular weight excluding hydrogens is 465 g/mol. The molecule has 1 heterocycles. The number of rotatable bonds is 4. The van der Waals surface area contributed by atoms with Crippen LogP contribution in [0, 0.1) is 27.7 Å². The summed E-state index contributed by atoms with van der Waals surface area (Å²) in [7, 11) is 0. The third-order valence-electron chi connectivity index (χ3n) is 4.37. The van der Waals surface area contributed by atoms with Crippen LogP contribution < -0.4 is 10.6 Å². The molecule has 9 heteroatoms. The predicted molar refractivity (Wildman–Crippen MR) is 125 cm³/mol. The molecule has 5 nitrogen and oxygen atoms in total. The van der Waals surface area contributed by atoms with E-state index < -0.39 is 5.91 Å². The standard InChI is InChI=1S/C21H18Cl3N3O2S/c1-9-5-10(2)17(11(3)6-9)26-20(29)18-12(4)25-21(30-18)27-19(28)16-14(23)7-13(22)8-15(16)24/h5-8H,1-4H3,(H,26,29)(H,25,27,28). The number of carbonyl (C=O) groups is 2. The highest BCUT2D eigenvalue weighted by Gasteiger charge is 2.21. The second kappa shape index (κ2) is 8.94. The molecule has 2 aromatic carbocycles. The maximum Gasteiger partial charge on any atom is 0.267 e. The Hall–Kier alpha value is -2.12. The summed E-state index contributed by atoms with van der Waals surface area (Å²) in [6.07, 6.45) is 0. The summed E-state index contributed by atoms with van der Waals surface area (Å²) < 4.78 is 0. The molecule has 2 amide bonds. The van der Waals surface area contributed by atoms with Crippen molar-refractivity contribution in [3.05, 3.63) is 72.2 Å². The molecule has 2 N–H and O–H groups in total. The third kappa shape index (κ3) is 4.78. The number of nitrogens with zero attached hydrogens (tertiary/aromatic N) is 1. The Labute approximate surface area is 193 Å². The molecule has 0 saturated carbocycles. The monoisotopic (exact) mass is 481 g/mol. The van der Waals surface area contributed by atoms with Crippen LogP contribution in [0.25, 0.3) is 0 Å². The van der Waals surface area contributed by atoms with E-state index in [4.69, 9.17) is 34.8 Å². The second-order valence-electron chi connectivity index (χ2n) is 6.86. The van der Waals surface area contributed by atoms with Gasteiger partial charge in [-0.1, -0.05) is 63.8 Å². The number of aromatic nitrogens is 1. The predicted octanol–water partition coefficient (Wildman–Crippen LogP) is 6.84. The fourth-order valence-electron chi connectivity index (χ4n) is 3.13. The van der Waals surface area contributed by atoms with Gasteiger partial charge in [0.1, 0.15) is 4.88 Å². The molecule has 0 bridgehead atoms. The quantitative estimate of drug-likeness (QED) is 0.427. The van der Waals surface area contributed by atoms with Gasteiger partial charge in [0.25, 0.3) is 11.8 Å². The molecule has 0 saturated heterocycles. The van der Waals surface area contributed by atoms with Crippen LogP contribution in [-0.2, 0) is 0 Å². The van der Waals surface area contributed by atoms with Gasteiger partial charge in [0, 0.05) is 10.7 Å². The fraction of sp³-hybridized carbons (Fsp3) is 0.190. The summed E-state index contributed by atoms with van der Waals surface area (Å²) in [4.78, 5) is 30.1. The van der Waals surface area contributed by atoms with Crippen LogP contribution in [0.4, 0.5) is 10.8 Å². The number of aryl methyl sites for hydroxylation is 4. The minimum atomic E-state index is -0.535. The van der Waals surface area contributed by atoms with E-state index in [1.54, 1.807) is 6.92 Å². The van der Waals surface area contributed by atoms with Crippen molar-refractivity contribution in [3.8, 4) is 0 Å². The highest BCUT2D eigenvalue weighted by Crippen LogP contribution is 2.31. The first-order valence-corrected chi connectivity index (χ1v) is 10.8. The Morgan fingerprint density at radius 2 is 1.43 bits per heavy atom. The fourth-order valence-corrected chi connectivity index (χ4v) is 4.97. The van der Waals surface area contributed by atoms with Crippen LogP contribution in [0.3, 0.4) is 0 Å². The first-order valence-electron chi connectivity index (χ1n) is 8.89. The highest BCUT2D eigenvalue weighted by molar-refractivity contribution is 7.17. The van der Waals surface area contributed by atoms with E-state index in [1.807, 2.05) is 32.9 Å². The van der Waals surface area contributed by atoms with E-state index in [0.29, 0.717) is 15.6 Å². The third-order valence-corrected chi connectivity index (χ3v) is 6.26. The van der Waals surface area contributed by atoms with Gasteiger partial charge in [0.05, 0.1) is 21.3 Å². The van der Waals surface area contributed by atoms with Crippen molar-refractivity contribution in [2.45, 2.75) is 27.7 Å². The number of anilines is 2. The van der Waals surface area contributed by atoms with E-state index in [1.165, 1.54) is 12.1 Å². The van der Waals surface area contributed by atoms with Gasteiger partial charge in [-0.2, -0.15) is 0 Å². The summed E-state index contributed by atoms with van der Waals surface area (Å²) in [6.45, 7) is 7.60. The van der Waals surface area contributed by atoms with Crippen molar-refractivity contribution in [2.24, 2.45) is 0 Å². The number of thiazole rings is 1. The average Bonchev–Trinajstić information content (AvgIpc) is 2.97. The van der Waals surface area contributed by atoms with E-state index in [9.17, 15) is 9.59 Å². The van der Waals surface area contributed by atoms with Gasteiger partial charge in [0.15, 0.2) is 5.13 Å². The number of hydrogen-bond acceptors (Lipinski definition) is 4. The number of carbonyl (C=O) groups excluding carboxylic acids is 2. The Morgan fingerprint density at radius 3 is 2.00 bits per heavy atom. The molecule has 0 atom stereocenters. The molecular formula is C21H18Cl3N3O2S. The topological polar surface area (TPSA) is 71.1 Å². The van der Waals surface area contributed by atoms with Crippen LogP contribution >= 0.6 is 46.1 Å². The van der Waals surface area contributed by atoms with Crippen LogP contribution in [-0.4, -0.2) is 16.8 Å². The molecule has 0 fully saturated rings. The molecule has 0 aliphatic heterocycles. The van der Waals surface area contributed by atoms with E-state index in [0.717, 1.165) is 33.7 Å². The number of halogens is 3. The van der Waals surface area contributed by atoms with Crippen LogP contribution in [0.1, 0.15) is 42.4 Å². The van der Waals surface area contributed by atoms with Crippen molar-refractivity contribution in [3.63, 3.8) is 0 Å². The number of nitrogens with one attached hydrogen (secondary N) is 2. The van der Waals surface area contributed by atoms with Gasteiger partial charge in [-0.3, -0.25) is 14.9 Å². The summed E-state index contributed by atoms with van der Waals surface area (Å²) in [5, 5.41) is 6.44. The molecule has 0 spiro atoms. The molecule has 3 rings (SSSR count). The Balaban J connectivity index is 1.82. The molecule has 0 aliphatic rings. The maximum absolute atomic E-state index is 12.8. The van der Waals surface area contributed by atoms with Crippen LogP contribution in [0.2, 0.25) is 15.1 Å². The Kier molecular flexibility index (Phi) is 6.72. The highest BCUT2D eigenvalue weighted by atomic mass is 35.5. The lowest BCUT2D eigenvalue weighted by Crippen LogP contribution is -2.13. The number of hydrogen-bond donors (Lipinski definition) is 2. The van der Waals surface area contributed by atoms with Crippen LogP contribution in [0.5, 0.6) is 0 Å². The summed E-state index contributed by atoms with van der Waals surface area (Å²) >= 11 is 19.2. The van der Waals surface area contributed by atoms with Gasteiger partial charge in [-0.25, -0.2) is 4.98 Å². The first-order chi connectivity index (χ1) is 14.1. The average molecular weight is 483 g/mol. The zero-order valence-corrected chi connectivity index (χ0v) is 19.7. The van der Waals surface area contributed by atoms with Gasteiger partial charge in [-0.05, 0) is 51.0 Å². The lowest BCUT2D eigenvalue weighted by atomic mass is 10.1. The molecule has 156 valence electrons. The van der Waals surface area contributed by atoms with E-state index >= 15 is 0 Å². The smallest absolute Gasteiger partial charge is 0.267 e. The maximum atomic E-state index is 12.8. The van der Waals surface area contributed by atoms with Crippen molar-refractivity contribution < 1.29 is 9.59 Å². The molecule has 1 aromatic heterocycles. The van der Waals surface area contributed by atoms with Crippen molar-refractivity contribution >= 4 is 68.8 Å². The van der Waals surface area contributed by atoms with Crippen LogP contribution in [0.15, 0.2) is 24.3 Å². The molecule has 30 heavy (non-hydrogen) atoms. The second-order valence-corrected chi connectivity index (χ2v) is 9.11. The van der Waals surface area contributed by atoms with Crippen molar-refractivity contribution in [1.29, 1.82) is 0 Å². The van der Waals surface area contributed by atoms with Gasteiger partial charge < -0.3 is 5.32 Å². The minimum absolute atomic E-state index is 0.0903. The SMILES string of the molecule is Cc1cc(C)c(NC(=O)c2sc(NC(=O)c3c(Cl)cc(Cl)cc3Cl)nc2C)c(C)c1. The van der Waals surface area contributed by atoms with Gasteiger partial charge in [-0.15, -0.1) is 0 Å². The summed E-state index contributed by atoms with van der Waals surface area (Å²) in [5.41, 5.74) is 4.44. The van der Waals surface area contributed by atoms with E-state index in [2.05, 4.69) is 15.6 Å². The summed E-state index contributed by atoms with van der Waals surface area (Å²) in [5.74, 6) is -0.823. The largest absolute Gasteiger partial charge is 0.321 e. The molecule has 3 aromatic rings. The Bertz CT molecular complexity index is 1130. The zero-order chi connectivity index (χ0) is 22.2. The molecule has 0 unspecified atom stereocenters. The molecule has 0 radical (unpaired) electrons. The summed E-state index contributed by atoms with van der Waals surface area (Å²) in [6, 6.07) is 6.88. The van der Waals surface area contributed by atoms with Crippen molar-refractivity contribution in [2.75, 3.05) is 10.6 Å². The van der Waals surface area contributed by atoms with Gasteiger partial charge in [0.2, 0.25) is 0 Å². The lowest BCUT2D eigenvalue weighted by Gasteiger charge is -2.12. The normalized spacial score (nSPS) is 10.8. The molecule has 0 aliphatic carbocycles.